The lowest BCUT2D eigenvalue weighted by molar-refractivity contribution is -0.383. The molecule has 1 aromatic heterocycles. The van der Waals surface area contributed by atoms with Gasteiger partial charge in [0.1, 0.15) is 11.7 Å². The molecule has 0 spiro atoms. The number of aliphatic hydroxyl groups excluding tert-OH is 1. The quantitative estimate of drug-likeness (QED) is 0.193. The van der Waals surface area contributed by atoms with Crippen LogP contribution in [-0.4, -0.2) is 39.5 Å². The molecular formula is C23H19N5O5. The van der Waals surface area contributed by atoms with Crippen molar-refractivity contribution in [3.05, 3.63) is 82.4 Å². The second kappa shape index (κ2) is 8.89. The lowest BCUT2D eigenvalue weighted by Crippen LogP contribution is -2.46. The van der Waals surface area contributed by atoms with Crippen molar-refractivity contribution in [3.8, 4) is 0 Å². The Labute approximate surface area is 187 Å². The van der Waals surface area contributed by atoms with Crippen LogP contribution in [0.4, 0.5) is 17.1 Å². The van der Waals surface area contributed by atoms with E-state index in [1.54, 1.807) is 0 Å². The molecule has 10 nitrogen and oxygen atoms in total. The van der Waals surface area contributed by atoms with Gasteiger partial charge in [-0.1, -0.05) is 36.4 Å². The maximum atomic E-state index is 12.4. The monoisotopic (exact) mass is 445 g/mol. The summed E-state index contributed by atoms with van der Waals surface area (Å²) in [5.41, 5.74) is 6.98. The Hall–Kier alpha value is -4.57. The van der Waals surface area contributed by atoms with Crippen LogP contribution >= 0.6 is 0 Å². The summed E-state index contributed by atoms with van der Waals surface area (Å²) in [5.74, 6) is -1.70. The van der Waals surface area contributed by atoms with Gasteiger partial charge in [-0.2, -0.15) is 0 Å². The molecular weight excluding hydrogens is 426 g/mol. The highest BCUT2D eigenvalue weighted by Gasteiger charge is 2.22. The van der Waals surface area contributed by atoms with Crippen LogP contribution in [0.1, 0.15) is 10.4 Å². The summed E-state index contributed by atoms with van der Waals surface area (Å²) in [6.07, 6.45) is 0. The number of anilines is 2. The number of primary amides is 1. The number of hydrogen-bond donors (Lipinski definition) is 4. The van der Waals surface area contributed by atoms with Crippen molar-refractivity contribution < 1.29 is 19.6 Å². The van der Waals surface area contributed by atoms with Gasteiger partial charge in [-0.05, 0) is 24.3 Å². The molecule has 0 fully saturated rings. The minimum atomic E-state index is -1.30. The Morgan fingerprint density at radius 2 is 1.64 bits per heavy atom. The van der Waals surface area contributed by atoms with Gasteiger partial charge in [0.05, 0.1) is 28.3 Å². The molecule has 166 valence electrons. The SMILES string of the molecule is NC(=O)C(CO)NC(=O)c1ccc(Nc2c3ccccc3nc3ccccc23)c([N+](=O)[O-])c1. The topological polar surface area (TPSA) is 160 Å². The summed E-state index contributed by atoms with van der Waals surface area (Å²) in [6, 6.07) is 17.4. The molecule has 0 radical (unpaired) electrons. The van der Waals surface area contributed by atoms with Gasteiger partial charge in [0.2, 0.25) is 5.91 Å². The van der Waals surface area contributed by atoms with Crippen LogP contribution in [0.5, 0.6) is 0 Å². The smallest absolute Gasteiger partial charge is 0.293 e. The molecule has 4 rings (SSSR count). The molecule has 3 aromatic carbocycles. The third-order valence-corrected chi connectivity index (χ3v) is 5.14. The highest BCUT2D eigenvalue weighted by molar-refractivity contribution is 6.09. The fourth-order valence-electron chi connectivity index (χ4n) is 3.49. The van der Waals surface area contributed by atoms with Gasteiger partial charge in [0.25, 0.3) is 11.6 Å². The molecule has 0 saturated heterocycles. The van der Waals surface area contributed by atoms with Crippen molar-refractivity contribution in [3.63, 3.8) is 0 Å². The van der Waals surface area contributed by atoms with E-state index in [0.717, 1.165) is 27.9 Å². The summed E-state index contributed by atoms with van der Waals surface area (Å²) in [6.45, 7) is -0.689. The van der Waals surface area contributed by atoms with Crippen LogP contribution < -0.4 is 16.4 Å². The van der Waals surface area contributed by atoms with Crippen LogP contribution in [0.3, 0.4) is 0 Å². The highest BCUT2D eigenvalue weighted by Crippen LogP contribution is 2.36. The van der Waals surface area contributed by atoms with Crippen LogP contribution in [0, 0.1) is 10.1 Å². The van der Waals surface area contributed by atoms with E-state index in [1.807, 2.05) is 48.5 Å². The van der Waals surface area contributed by atoms with E-state index in [1.165, 1.54) is 12.1 Å². The van der Waals surface area contributed by atoms with Gasteiger partial charge in [-0.15, -0.1) is 0 Å². The fraction of sp³-hybridized carbons (Fsp3) is 0.0870. The second-order valence-corrected chi connectivity index (χ2v) is 7.25. The third kappa shape index (κ3) is 4.27. The molecule has 1 heterocycles. The van der Waals surface area contributed by atoms with E-state index in [0.29, 0.717) is 5.69 Å². The molecule has 5 N–H and O–H groups in total. The predicted molar refractivity (Wildman–Crippen MR) is 123 cm³/mol. The molecule has 0 saturated carbocycles. The number of nitrogens with two attached hydrogens (primary N) is 1. The highest BCUT2D eigenvalue weighted by atomic mass is 16.6. The zero-order valence-corrected chi connectivity index (χ0v) is 17.2. The molecule has 1 atom stereocenters. The van der Waals surface area contributed by atoms with Crippen LogP contribution in [0.15, 0.2) is 66.7 Å². The number of carbonyl (C=O) groups is 2. The number of rotatable bonds is 7. The van der Waals surface area contributed by atoms with Crippen LogP contribution in [0.2, 0.25) is 0 Å². The number of pyridine rings is 1. The minimum Gasteiger partial charge on any atom is -0.394 e. The Morgan fingerprint density at radius 3 is 2.18 bits per heavy atom. The maximum Gasteiger partial charge on any atom is 0.293 e. The lowest BCUT2D eigenvalue weighted by atomic mass is 10.1. The second-order valence-electron chi connectivity index (χ2n) is 7.25. The average molecular weight is 445 g/mol. The number of carbonyl (C=O) groups excluding carboxylic acids is 2. The third-order valence-electron chi connectivity index (χ3n) is 5.14. The molecule has 0 aliphatic heterocycles. The van der Waals surface area contributed by atoms with Gasteiger partial charge in [-0.3, -0.25) is 19.7 Å². The Bertz CT molecular complexity index is 1350. The number of nitrogens with one attached hydrogen (secondary N) is 2. The summed E-state index contributed by atoms with van der Waals surface area (Å²) < 4.78 is 0. The number of nitro groups is 1. The number of nitrogens with zero attached hydrogens (tertiary/aromatic N) is 2. The maximum absolute atomic E-state index is 12.4. The summed E-state index contributed by atoms with van der Waals surface area (Å²) in [7, 11) is 0. The molecule has 10 heteroatoms. The first-order chi connectivity index (χ1) is 15.9. The van der Waals surface area contributed by atoms with Crippen molar-refractivity contribution in [1.82, 2.24) is 10.3 Å². The number of hydrogen-bond acceptors (Lipinski definition) is 7. The zero-order chi connectivity index (χ0) is 23.5. The molecule has 0 aliphatic carbocycles. The Balaban J connectivity index is 1.78. The number of para-hydroxylation sites is 2. The summed E-state index contributed by atoms with van der Waals surface area (Å²) in [4.78, 5) is 39.5. The number of benzene rings is 3. The minimum absolute atomic E-state index is 0.0589. The van der Waals surface area contributed by atoms with Gasteiger partial charge in [0.15, 0.2) is 0 Å². The van der Waals surface area contributed by atoms with Crippen LogP contribution in [0.25, 0.3) is 21.8 Å². The van der Waals surface area contributed by atoms with Crippen molar-refractivity contribution >= 4 is 50.7 Å². The van der Waals surface area contributed by atoms with E-state index in [2.05, 4.69) is 15.6 Å². The van der Waals surface area contributed by atoms with E-state index < -0.39 is 29.4 Å². The summed E-state index contributed by atoms with van der Waals surface area (Å²) >= 11 is 0. The Kier molecular flexibility index (Phi) is 5.83. The first-order valence-corrected chi connectivity index (χ1v) is 9.93. The molecule has 4 aromatic rings. The van der Waals surface area contributed by atoms with Crippen molar-refractivity contribution in [2.45, 2.75) is 6.04 Å². The van der Waals surface area contributed by atoms with E-state index in [4.69, 9.17) is 5.73 Å². The fourth-order valence-corrected chi connectivity index (χ4v) is 3.49. The number of aromatic nitrogens is 1. The molecule has 0 bridgehead atoms. The zero-order valence-electron chi connectivity index (χ0n) is 17.2. The molecule has 2 amide bonds. The summed E-state index contributed by atoms with van der Waals surface area (Å²) in [5, 5.41) is 27.9. The predicted octanol–water partition coefficient (Wildman–Crippen LogP) is 2.62. The van der Waals surface area contributed by atoms with Gasteiger partial charge < -0.3 is 21.5 Å². The normalized spacial score (nSPS) is 11.8. The number of amides is 2. The van der Waals surface area contributed by atoms with E-state index >= 15 is 0 Å². The Morgan fingerprint density at radius 1 is 1.03 bits per heavy atom. The van der Waals surface area contributed by atoms with Crippen LogP contribution in [-0.2, 0) is 4.79 Å². The first-order valence-electron chi connectivity index (χ1n) is 9.93. The molecule has 0 aliphatic rings. The number of nitro benzene ring substituents is 1. The number of aliphatic hydroxyl groups is 1. The molecule has 1 unspecified atom stereocenters. The standard InChI is InChI=1S/C23H19N5O5/c24-22(30)19(12-29)27-23(31)13-9-10-18(20(11-13)28(32)33)26-21-14-5-1-3-7-16(14)25-17-8-4-2-6-15(17)21/h1-11,19,29H,12H2,(H2,24,30)(H,25,26)(H,27,31). The largest absolute Gasteiger partial charge is 0.394 e. The van der Waals surface area contributed by atoms with Crippen molar-refractivity contribution in [2.24, 2.45) is 5.73 Å². The van der Waals surface area contributed by atoms with Crippen molar-refractivity contribution in [1.29, 1.82) is 0 Å². The van der Waals surface area contributed by atoms with Gasteiger partial charge in [-0.25, -0.2) is 4.98 Å². The van der Waals surface area contributed by atoms with Gasteiger partial charge in [0, 0.05) is 22.4 Å². The average Bonchev–Trinajstić information content (AvgIpc) is 2.82. The first kappa shape index (κ1) is 21.7. The molecule has 33 heavy (non-hydrogen) atoms. The lowest BCUT2D eigenvalue weighted by Gasteiger charge is -2.15. The number of fused-ring (bicyclic) bond motifs is 2. The van der Waals surface area contributed by atoms with Crippen molar-refractivity contribution in [2.75, 3.05) is 11.9 Å². The van der Waals surface area contributed by atoms with E-state index in [9.17, 15) is 24.8 Å². The van der Waals surface area contributed by atoms with Gasteiger partial charge >= 0.3 is 0 Å². The van der Waals surface area contributed by atoms with E-state index in [-0.39, 0.29) is 16.9 Å².